The fourth-order valence-corrected chi connectivity index (χ4v) is 1.32. The maximum Gasteiger partial charge on any atom is 0.120 e. The van der Waals surface area contributed by atoms with Gasteiger partial charge < -0.3 is 10.2 Å². The van der Waals surface area contributed by atoms with Crippen molar-refractivity contribution in [2.45, 2.75) is 6.92 Å². The Bertz CT molecular complexity index is 265. The first-order chi connectivity index (χ1) is 5.69. The smallest absolute Gasteiger partial charge is 0.120 e. The molecule has 0 amide bonds. The van der Waals surface area contributed by atoms with Crippen molar-refractivity contribution in [1.82, 2.24) is 0 Å². The molecule has 0 saturated heterocycles. The van der Waals surface area contributed by atoms with Crippen LogP contribution < -0.4 is 16.0 Å². The average Bonchev–Trinajstić information content (AvgIpc) is 2.03. The first-order valence-corrected chi connectivity index (χ1v) is 3.87. The Morgan fingerprint density at radius 1 is 1.50 bits per heavy atom. The largest absolute Gasteiger partial charge is 0.497 e. The van der Waals surface area contributed by atoms with Crippen LogP contribution in [0.1, 0.15) is 5.56 Å². The summed E-state index contributed by atoms with van der Waals surface area (Å²) in [4.78, 5) is 0. The molecule has 0 unspecified atom stereocenters. The third-order valence-corrected chi connectivity index (χ3v) is 1.94. The Hall–Kier alpha value is -0.930. The Labute approximate surface area is 76.4 Å². The van der Waals surface area contributed by atoms with Crippen LogP contribution >= 0.6 is 11.6 Å². The summed E-state index contributed by atoms with van der Waals surface area (Å²) in [5, 5.41) is 0.564. The van der Waals surface area contributed by atoms with Gasteiger partial charge in [0.05, 0.1) is 17.8 Å². The number of hydrazine groups is 1. The lowest BCUT2D eigenvalue weighted by molar-refractivity contribution is 0.414. The van der Waals surface area contributed by atoms with Gasteiger partial charge in [-0.15, -0.1) is 0 Å². The lowest BCUT2D eigenvalue weighted by Crippen LogP contribution is -2.08. The number of aryl methyl sites for hydroxylation is 1. The molecule has 3 nitrogen and oxygen atoms in total. The minimum absolute atomic E-state index is 0.564. The summed E-state index contributed by atoms with van der Waals surface area (Å²) >= 11 is 5.89. The molecular formula is C8H11ClN2O. The summed E-state index contributed by atoms with van der Waals surface area (Å²) in [7, 11) is 1.60. The Morgan fingerprint density at radius 2 is 2.17 bits per heavy atom. The van der Waals surface area contributed by atoms with Crippen LogP contribution in [0.2, 0.25) is 5.02 Å². The fourth-order valence-electron chi connectivity index (χ4n) is 1.01. The van der Waals surface area contributed by atoms with Gasteiger partial charge in [0.2, 0.25) is 0 Å². The number of halogens is 1. The number of ether oxygens (including phenoxy) is 1. The molecule has 0 atom stereocenters. The van der Waals surface area contributed by atoms with E-state index in [1.165, 1.54) is 0 Å². The van der Waals surface area contributed by atoms with Crippen LogP contribution in [0.3, 0.4) is 0 Å². The number of hydrogen-bond donors (Lipinski definition) is 2. The van der Waals surface area contributed by atoms with Gasteiger partial charge in [-0.05, 0) is 18.6 Å². The van der Waals surface area contributed by atoms with Crippen molar-refractivity contribution in [2.24, 2.45) is 5.84 Å². The summed E-state index contributed by atoms with van der Waals surface area (Å²) in [6, 6.07) is 3.57. The number of nitrogen functional groups attached to an aromatic ring is 1. The van der Waals surface area contributed by atoms with Crippen molar-refractivity contribution in [3.63, 3.8) is 0 Å². The monoisotopic (exact) mass is 186 g/mol. The highest BCUT2D eigenvalue weighted by Crippen LogP contribution is 2.29. The van der Waals surface area contributed by atoms with Crippen molar-refractivity contribution < 1.29 is 4.74 Å². The highest BCUT2D eigenvalue weighted by molar-refractivity contribution is 6.33. The summed E-state index contributed by atoms with van der Waals surface area (Å²) in [5.41, 5.74) is 4.22. The predicted molar refractivity (Wildman–Crippen MR) is 50.6 cm³/mol. The van der Waals surface area contributed by atoms with Crippen molar-refractivity contribution in [2.75, 3.05) is 12.5 Å². The summed E-state index contributed by atoms with van der Waals surface area (Å²) in [6.45, 7) is 1.91. The standard InChI is InChI=1S/C8H11ClN2O/c1-5-3-6(12-2)4-7(9)8(5)11-10/h3-4,11H,10H2,1-2H3. The molecule has 12 heavy (non-hydrogen) atoms. The fraction of sp³-hybridized carbons (Fsp3) is 0.250. The number of methoxy groups -OCH3 is 1. The zero-order valence-electron chi connectivity index (χ0n) is 7.02. The van der Waals surface area contributed by atoms with Gasteiger partial charge in [0, 0.05) is 6.07 Å². The molecule has 0 aliphatic rings. The van der Waals surface area contributed by atoms with E-state index in [-0.39, 0.29) is 0 Å². The molecular weight excluding hydrogens is 176 g/mol. The molecule has 0 spiro atoms. The van der Waals surface area contributed by atoms with Crippen molar-refractivity contribution in [3.8, 4) is 5.75 Å². The normalized spacial score (nSPS) is 9.67. The van der Waals surface area contributed by atoms with E-state index in [0.717, 1.165) is 17.0 Å². The first-order valence-electron chi connectivity index (χ1n) is 3.49. The number of hydrogen-bond acceptors (Lipinski definition) is 3. The van der Waals surface area contributed by atoms with E-state index in [0.29, 0.717) is 5.02 Å². The van der Waals surface area contributed by atoms with E-state index in [1.807, 2.05) is 13.0 Å². The van der Waals surface area contributed by atoms with Crippen LogP contribution in [0.15, 0.2) is 12.1 Å². The molecule has 0 radical (unpaired) electrons. The van der Waals surface area contributed by atoms with E-state index in [2.05, 4.69) is 5.43 Å². The van der Waals surface area contributed by atoms with Crippen LogP contribution in [0.5, 0.6) is 5.75 Å². The zero-order valence-corrected chi connectivity index (χ0v) is 7.77. The second-order valence-electron chi connectivity index (χ2n) is 2.45. The summed E-state index contributed by atoms with van der Waals surface area (Å²) in [5.74, 6) is 6.00. The molecule has 0 saturated carbocycles. The third-order valence-electron chi connectivity index (χ3n) is 1.64. The number of rotatable bonds is 2. The highest BCUT2D eigenvalue weighted by Gasteiger charge is 2.04. The number of anilines is 1. The molecule has 0 bridgehead atoms. The molecule has 3 N–H and O–H groups in total. The Morgan fingerprint density at radius 3 is 2.58 bits per heavy atom. The lowest BCUT2D eigenvalue weighted by Gasteiger charge is -2.09. The van der Waals surface area contributed by atoms with E-state index in [9.17, 15) is 0 Å². The SMILES string of the molecule is COc1cc(C)c(NN)c(Cl)c1. The van der Waals surface area contributed by atoms with Crippen LogP contribution in [0, 0.1) is 6.92 Å². The van der Waals surface area contributed by atoms with Gasteiger partial charge in [-0.25, -0.2) is 0 Å². The molecule has 4 heteroatoms. The molecule has 66 valence electrons. The second kappa shape index (κ2) is 3.65. The number of benzene rings is 1. The third kappa shape index (κ3) is 1.62. The number of nitrogens with two attached hydrogens (primary N) is 1. The van der Waals surface area contributed by atoms with Gasteiger partial charge >= 0.3 is 0 Å². The second-order valence-corrected chi connectivity index (χ2v) is 2.85. The molecule has 1 rings (SSSR count). The van der Waals surface area contributed by atoms with Crippen LogP contribution in [0.25, 0.3) is 0 Å². The highest BCUT2D eigenvalue weighted by atomic mass is 35.5. The van der Waals surface area contributed by atoms with Gasteiger partial charge in [-0.1, -0.05) is 11.6 Å². The Kier molecular flexibility index (Phi) is 2.78. The molecule has 0 fully saturated rings. The van der Waals surface area contributed by atoms with Crippen molar-refractivity contribution in [3.05, 3.63) is 22.7 Å². The van der Waals surface area contributed by atoms with Crippen molar-refractivity contribution >= 4 is 17.3 Å². The lowest BCUT2D eigenvalue weighted by atomic mass is 10.2. The Balaban J connectivity index is 3.18. The molecule has 0 aliphatic carbocycles. The number of nitrogens with one attached hydrogen (secondary N) is 1. The molecule has 0 aliphatic heterocycles. The summed E-state index contributed by atoms with van der Waals surface area (Å²) < 4.78 is 5.02. The topological polar surface area (TPSA) is 47.3 Å². The first kappa shape index (κ1) is 9.16. The van der Waals surface area contributed by atoms with Crippen molar-refractivity contribution in [1.29, 1.82) is 0 Å². The quantitative estimate of drug-likeness (QED) is 0.548. The summed E-state index contributed by atoms with van der Waals surface area (Å²) in [6.07, 6.45) is 0. The van der Waals surface area contributed by atoms with Crippen LogP contribution in [-0.2, 0) is 0 Å². The maximum absolute atomic E-state index is 5.89. The van der Waals surface area contributed by atoms with Gasteiger partial charge in [-0.2, -0.15) is 0 Å². The average molecular weight is 187 g/mol. The van der Waals surface area contributed by atoms with E-state index >= 15 is 0 Å². The van der Waals surface area contributed by atoms with Crippen LogP contribution in [-0.4, -0.2) is 7.11 Å². The van der Waals surface area contributed by atoms with Gasteiger partial charge in [-0.3, -0.25) is 5.84 Å². The predicted octanol–water partition coefficient (Wildman–Crippen LogP) is 1.94. The molecule has 0 heterocycles. The minimum Gasteiger partial charge on any atom is -0.497 e. The van der Waals surface area contributed by atoms with Crippen LogP contribution in [0.4, 0.5) is 5.69 Å². The maximum atomic E-state index is 5.89. The van der Waals surface area contributed by atoms with E-state index < -0.39 is 0 Å². The van der Waals surface area contributed by atoms with Gasteiger partial charge in [0.1, 0.15) is 5.75 Å². The van der Waals surface area contributed by atoms with Gasteiger partial charge in [0.25, 0.3) is 0 Å². The van der Waals surface area contributed by atoms with E-state index in [4.69, 9.17) is 22.2 Å². The molecule has 1 aromatic carbocycles. The zero-order chi connectivity index (χ0) is 9.14. The molecule has 0 aromatic heterocycles. The molecule has 1 aromatic rings. The van der Waals surface area contributed by atoms with E-state index in [1.54, 1.807) is 13.2 Å². The minimum atomic E-state index is 0.564. The van der Waals surface area contributed by atoms with Gasteiger partial charge in [0.15, 0.2) is 0 Å².